The van der Waals surface area contributed by atoms with Gasteiger partial charge in [-0.1, -0.05) is 26.7 Å². The minimum absolute atomic E-state index is 0.0981. The van der Waals surface area contributed by atoms with E-state index in [0.717, 1.165) is 42.4 Å². The number of benzene rings is 1. The molecule has 1 aromatic rings. The quantitative estimate of drug-likeness (QED) is 0.664. The van der Waals surface area contributed by atoms with E-state index in [9.17, 15) is 23.2 Å². The first kappa shape index (κ1) is 21.8. The van der Waals surface area contributed by atoms with E-state index < -0.39 is 41.6 Å². The minimum Gasteiger partial charge on any atom is -0.352 e. The molecule has 2 atom stereocenters. The number of urea groups is 1. The number of nitrogens with zero attached hydrogens (tertiary/aromatic N) is 1. The van der Waals surface area contributed by atoms with Gasteiger partial charge in [0, 0.05) is 11.6 Å². The molecule has 0 bridgehead atoms. The highest BCUT2D eigenvalue weighted by Gasteiger charge is 2.50. The summed E-state index contributed by atoms with van der Waals surface area (Å²) in [5.74, 6) is -2.25. The van der Waals surface area contributed by atoms with Crippen LogP contribution in [0.2, 0.25) is 0 Å². The molecule has 0 spiro atoms. The van der Waals surface area contributed by atoms with Crippen LogP contribution >= 0.6 is 0 Å². The van der Waals surface area contributed by atoms with Crippen LogP contribution in [0.4, 0.5) is 13.6 Å². The van der Waals surface area contributed by atoms with Gasteiger partial charge in [-0.2, -0.15) is 0 Å². The van der Waals surface area contributed by atoms with Gasteiger partial charge in [-0.05, 0) is 44.4 Å². The summed E-state index contributed by atoms with van der Waals surface area (Å²) in [5.41, 5.74) is -2.05. The van der Waals surface area contributed by atoms with Gasteiger partial charge in [-0.25, -0.2) is 13.6 Å². The van der Waals surface area contributed by atoms with Crippen LogP contribution in [0.15, 0.2) is 18.2 Å². The summed E-state index contributed by atoms with van der Waals surface area (Å²) in [4.78, 5) is 37.9. The van der Waals surface area contributed by atoms with Crippen LogP contribution in [-0.2, 0) is 15.1 Å². The Balaban J connectivity index is 2.03. The first-order chi connectivity index (χ1) is 13.0. The SMILES string of the molecule is CC(C)CCC[C@H](C)NC(=O)CN1C(=O)N[C@@](C)(c2cc(F)ccc2F)C1=O. The summed E-state index contributed by atoms with van der Waals surface area (Å²) in [6.07, 6.45) is 2.79. The standard InChI is InChI=1S/C20H27F2N3O3/c1-12(2)6-5-7-13(3)23-17(26)11-25-18(27)20(4,24-19(25)28)15-10-14(21)8-9-16(15)22/h8-10,12-13H,5-7,11H2,1-4H3,(H,23,26)(H,24,28)/t13-,20-/m0/s1. The normalized spacial score (nSPS) is 20.5. The maximum absolute atomic E-state index is 14.1. The van der Waals surface area contributed by atoms with Crippen molar-refractivity contribution in [3.8, 4) is 0 Å². The lowest BCUT2D eigenvalue weighted by Gasteiger charge is -2.23. The maximum Gasteiger partial charge on any atom is 0.325 e. The van der Waals surface area contributed by atoms with Crippen LogP contribution in [0.3, 0.4) is 0 Å². The summed E-state index contributed by atoms with van der Waals surface area (Å²) in [6, 6.07) is 1.77. The third-order valence-corrected chi connectivity index (χ3v) is 4.87. The first-order valence-corrected chi connectivity index (χ1v) is 9.43. The van der Waals surface area contributed by atoms with Crippen molar-refractivity contribution in [2.24, 2.45) is 5.92 Å². The number of halogens is 2. The van der Waals surface area contributed by atoms with Crippen LogP contribution in [0, 0.1) is 17.6 Å². The number of carbonyl (C=O) groups excluding carboxylic acids is 3. The topological polar surface area (TPSA) is 78.5 Å². The molecule has 2 N–H and O–H groups in total. The Morgan fingerprint density at radius 2 is 1.89 bits per heavy atom. The fourth-order valence-electron chi connectivity index (χ4n) is 3.27. The second-order valence-electron chi connectivity index (χ2n) is 7.86. The zero-order chi connectivity index (χ0) is 21.1. The highest BCUT2D eigenvalue weighted by Crippen LogP contribution is 2.31. The number of rotatable bonds is 8. The molecule has 1 saturated heterocycles. The second kappa shape index (κ2) is 8.67. The predicted octanol–water partition coefficient (Wildman–Crippen LogP) is 3.06. The summed E-state index contributed by atoms with van der Waals surface area (Å²) in [5, 5.41) is 5.13. The number of hydrogen-bond donors (Lipinski definition) is 2. The zero-order valence-corrected chi connectivity index (χ0v) is 16.6. The van der Waals surface area contributed by atoms with Crippen LogP contribution in [0.1, 0.15) is 52.5 Å². The summed E-state index contributed by atoms with van der Waals surface area (Å²) in [7, 11) is 0. The Bertz CT molecular complexity index is 769. The Labute approximate surface area is 163 Å². The largest absolute Gasteiger partial charge is 0.352 e. The Morgan fingerprint density at radius 3 is 2.54 bits per heavy atom. The average Bonchev–Trinajstić information content (AvgIpc) is 2.80. The van der Waals surface area contributed by atoms with Crippen LogP contribution in [0.5, 0.6) is 0 Å². The van der Waals surface area contributed by atoms with E-state index >= 15 is 0 Å². The molecule has 0 aliphatic carbocycles. The maximum atomic E-state index is 14.1. The molecule has 0 unspecified atom stereocenters. The number of carbonyl (C=O) groups is 3. The van der Waals surface area contributed by atoms with Gasteiger partial charge in [0.25, 0.3) is 5.91 Å². The van der Waals surface area contributed by atoms with E-state index in [1.807, 2.05) is 6.92 Å². The van der Waals surface area contributed by atoms with Gasteiger partial charge >= 0.3 is 6.03 Å². The molecule has 0 aromatic heterocycles. The van der Waals surface area contributed by atoms with E-state index in [0.29, 0.717) is 5.92 Å². The van der Waals surface area contributed by atoms with Crippen LogP contribution < -0.4 is 10.6 Å². The van der Waals surface area contributed by atoms with Crippen molar-refractivity contribution in [2.75, 3.05) is 6.54 Å². The van der Waals surface area contributed by atoms with Gasteiger partial charge < -0.3 is 10.6 Å². The molecule has 1 aliphatic rings. The number of amides is 4. The highest BCUT2D eigenvalue weighted by atomic mass is 19.1. The van der Waals surface area contributed by atoms with Crippen molar-refractivity contribution in [1.82, 2.24) is 15.5 Å². The lowest BCUT2D eigenvalue weighted by molar-refractivity contribution is -0.135. The molecular formula is C20H27F2N3O3. The highest BCUT2D eigenvalue weighted by molar-refractivity contribution is 6.09. The van der Waals surface area contributed by atoms with Gasteiger partial charge in [0.15, 0.2) is 0 Å². The summed E-state index contributed by atoms with van der Waals surface area (Å²) >= 11 is 0. The van der Waals surface area contributed by atoms with E-state index in [2.05, 4.69) is 24.5 Å². The molecule has 8 heteroatoms. The van der Waals surface area contributed by atoms with E-state index in [1.54, 1.807) is 0 Å². The van der Waals surface area contributed by atoms with Crippen molar-refractivity contribution in [3.05, 3.63) is 35.4 Å². The Morgan fingerprint density at radius 1 is 1.21 bits per heavy atom. The van der Waals surface area contributed by atoms with Gasteiger partial charge in [0.05, 0.1) is 0 Å². The van der Waals surface area contributed by atoms with Crippen molar-refractivity contribution < 1.29 is 23.2 Å². The lowest BCUT2D eigenvalue weighted by Crippen LogP contribution is -2.45. The Kier molecular flexibility index (Phi) is 6.74. The molecule has 0 saturated carbocycles. The lowest BCUT2D eigenvalue weighted by atomic mass is 9.91. The molecule has 1 fully saturated rings. The van der Waals surface area contributed by atoms with E-state index in [1.165, 1.54) is 6.92 Å². The molecule has 2 rings (SSSR count). The number of imide groups is 1. The smallest absolute Gasteiger partial charge is 0.325 e. The van der Waals surface area contributed by atoms with Crippen molar-refractivity contribution in [1.29, 1.82) is 0 Å². The Hall–Kier alpha value is -2.51. The molecular weight excluding hydrogens is 368 g/mol. The van der Waals surface area contributed by atoms with Crippen molar-refractivity contribution in [3.63, 3.8) is 0 Å². The van der Waals surface area contributed by atoms with Gasteiger partial charge in [-0.3, -0.25) is 14.5 Å². The van der Waals surface area contributed by atoms with E-state index in [-0.39, 0.29) is 11.6 Å². The monoisotopic (exact) mass is 395 g/mol. The molecule has 154 valence electrons. The number of nitrogens with one attached hydrogen (secondary N) is 2. The van der Waals surface area contributed by atoms with Crippen LogP contribution in [0.25, 0.3) is 0 Å². The third-order valence-electron chi connectivity index (χ3n) is 4.87. The van der Waals surface area contributed by atoms with Gasteiger partial charge in [0.2, 0.25) is 5.91 Å². The second-order valence-corrected chi connectivity index (χ2v) is 7.86. The molecule has 0 radical (unpaired) electrons. The van der Waals surface area contributed by atoms with Crippen LogP contribution in [-0.4, -0.2) is 35.3 Å². The molecule has 1 aromatic carbocycles. The molecule has 4 amide bonds. The predicted molar refractivity (Wildman–Crippen MR) is 100 cm³/mol. The van der Waals surface area contributed by atoms with Gasteiger partial charge in [-0.15, -0.1) is 0 Å². The summed E-state index contributed by atoms with van der Waals surface area (Å²) < 4.78 is 27.7. The molecule has 1 aliphatic heterocycles. The number of hydrogen-bond acceptors (Lipinski definition) is 3. The van der Waals surface area contributed by atoms with Gasteiger partial charge in [0.1, 0.15) is 23.7 Å². The van der Waals surface area contributed by atoms with E-state index in [4.69, 9.17) is 0 Å². The first-order valence-electron chi connectivity index (χ1n) is 9.43. The minimum atomic E-state index is -1.77. The fraction of sp³-hybridized carbons (Fsp3) is 0.550. The van der Waals surface area contributed by atoms with Crippen molar-refractivity contribution >= 4 is 17.8 Å². The summed E-state index contributed by atoms with van der Waals surface area (Å²) in [6.45, 7) is 6.91. The average molecular weight is 395 g/mol. The molecule has 28 heavy (non-hydrogen) atoms. The fourth-order valence-corrected chi connectivity index (χ4v) is 3.27. The van der Waals surface area contributed by atoms with Crippen molar-refractivity contribution in [2.45, 2.75) is 58.5 Å². The third kappa shape index (κ3) is 4.85. The molecule has 6 nitrogen and oxygen atoms in total. The zero-order valence-electron chi connectivity index (χ0n) is 16.6. The molecule has 1 heterocycles.